The van der Waals surface area contributed by atoms with Crippen LogP contribution in [-0.4, -0.2) is 31.9 Å². The minimum absolute atomic E-state index is 0.0356. The third-order valence-corrected chi connectivity index (χ3v) is 9.45. The Morgan fingerprint density at radius 3 is 2.17 bits per heavy atom. The van der Waals surface area contributed by atoms with Crippen LogP contribution in [0.1, 0.15) is 71.1 Å². The molecule has 0 N–H and O–H groups in total. The van der Waals surface area contributed by atoms with Crippen LogP contribution in [0.5, 0.6) is 0 Å². The monoisotopic (exact) mass is 758 g/mol. The van der Waals surface area contributed by atoms with Crippen LogP contribution in [0.3, 0.4) is 0 Å². The Bertz CT molecular complexity index is 1500. The highest BCUT2D eigenvalue weighted by atomic mass is 19.4. The SMILES string of the molecule is C=C(C1=CCC(C(F)(F)OC2=CC=C(C(F)(F)OC(F)(F)F)CC2)C(F)=C1)/C(F)=C\C(=C/CF)C(=C)/C(F)=C\[C@H](CCF)C1CCC(CCC)CC1. The Balaban J connectivity index is 1.70. The lowest BCUT2D eigenvalue weighted by atomic mass is 9.73. The molecule has 3 aliphatic carbocycles. The van der Waals surface area contributed by atoms with Crippen molar-refractivity contribution in [1.82, 2.24) is 0 Å². The Labute approximate surface area is 295 Å². The summed E-state index contributed by atoms with van der Waals surface area (Å²) in [5.74, 6) is -6.24. The second kappa shape index (κ2) is 18.6. The van der Waals surface area contributed by atoms with E-state index in [1.165, 1.54) is 6.08 Å². The van der Waals surface area contributed by atoms with Crippen molar-refractivity contribution in [1.29, 1.82) is 0 Å². The average molecular weight is 759 g/mol. The van der Waals surface area contributed by atoms with Gasteiger partial charge in [-0.1, -0.05) is 57.9 Å². The van der Waals surface area contributed by atoms with Gasteiger partial charge in [-0.2, -0.15) is 17.6 Å². The minimum Gasteiger partial charge on any atom is -0.437 e. The highest BCUT2D eigenvalue weighted by Gasteiger charge is 2.49. The summed E-state index contributed by atoms with van der Waals surface area (Å²) in [6.07, 6.45) is -5.80. The Kier molecular flexibility index (Phi) is 15.3. The quantitative estimate of drug-likeness (QED) is 0.109. The molecule has 3 aliphatic rings. The van der Waals surface area contributed by atoms with Gasteiger partial charge >= 0.3 is 18.6 Å². The topological polar surface area (TPSA) is 18.5 Å². The second-order valence-corrected chi connectivity index (χ2v) is 13.0. The van der Waals surface area contributed by atoms with Crippen molar-refractivity contribution in [2.45, 2.75) is 89.7 Å². The van der Waals surface area contributed by atoms with Crippen molar-refractivity contribution in [3.8, 4) is 0 Å². The molecule has 3 rings (SSSR count). The molecule has 1 fully saturated rings. The van der Waals surface area contributed by atoms with E-state index in [0.717, 1.165) is 56.8 Å². The lowest BCUT2D eigenvalue weighted by Gasteiger charge is -2.32. The number of rotatable bonds is 17. The lowest BCUT2D eigenvalue weighted by Crippen LogP contribution is -2.34. The van der Waals surface area contributed by atoms with Crippen LogP contribution < -0.4 is 0 Å². The number of ether oxygens (including phenoxy) is 2. The van der Waals surface area contributed by atoms with Crippen LogP contribution >= 0.6 is 0 Å². The molecule has 2 nitrogen and oxygen atoms in total. The first-order chi connectivity index (χ1) is 24.3. The molecule has 0 bridgehead atoms. The first-order valence-electron chi connectivity index (χ1n) is 17.0. The zero-order valence-electron chi connectivity index (χ0n) is 28.6. The molecule has 0 amide bonds. The Morgan fingerprint density at radius 2 is 1.63 bits per heavy atom. The largest absolute Gasteiger partial charge is 0.527 e. The molecule has 0 radical (unpaired) electrons. The second-order valence-electron chi connectivity index (χ2n) is 13.0. The van der Waals surface area contributed by atoms with Crippen molar-refractivity contribution in [3.63, 3.8) is 0 Å². The number of alkyl halides is 9. The molecule has 14 heteroatoms. The van der Waals surface area contributed by atoms with Crippen LogP contribution in [0.15, 0.2) is 107 Å². The smallest absolute Gasteiger partial charge is 0.437 e. The summed E-state index contributed by atoms with van der Waals surface area (Å²) in [6.45, 7) is 7.42. The summed E-state index contributed by atoms with van der Waals surface area (Å²) in [4.78, 5) is 0. The fourth-order valence-electron chi connectivity index (χ4n) is 6.61. The van der Waals surface area contributed by atoms with Gasteiger partial charge in [0.1, 0.15) is 35.8 Å². The molecule has 0 saturated heterocycles. The van der Waals surface area contributed by atoms with Gasteiger partial charge in [-0.05, 0) is 91.4 Å². The summed E-state index contributed by atoms with van der Waals surface area (Å²) >= 11 is 0. The molecule has 52 heavy (non-hydrogen) atoms. The van der Waals surface area contributed by atoms with E-state index in [2.05, 4.69) is 29.6 Å². The van der Waals surface area contributed by atoms with E-state index in [-0.39, 0.29) is 29.1 Å². The van der Waals surface area contributed by atoms with Gasteiger partial charge in [0.25, 0.3) is 0 Å². The average Bonchev–Trinajstić information content (AvgIpc) is 3.06. The van der Waals surface area contributed by atoms with Crippen molar-refractivity contribution >= 4 is 0 Å². The predicted octanol–water partition coefficient (Wildman–Crippen LogP) is 13.4. The summed E-state index contributed by atoms with van der Waals surface area (Å²) < 4.78 is 174. The fourth-order valence-corrected chi connectivity index (χ4v) is 6.61. The van der Waals surface area contributed by atoms with Gasteiger partial charge in [0.2, 0.25) is 0 Å². The number of hydrogen-bond acceptors (Lipinski definition) is 2. The molecule has 0 aromatic carbocycles. The molecule has 0 spiro atoms. The fraction of sp³-hybridized carbons (Fsp3) is 0.526. The van der Waals surface area contributed by atoms with E-state index in [9.17, 15) is 39.5 Å². The molecule has 0 aliphatic heterocycles. The zero-order valence-corrected chi connectivity index (χ0v) is 28.6. The molecule has 2 atom stereocenters. The summed E-state index contributed by atoms with van der Waals surface area (Å²) in [7, 11) is 0. The maximum atomic E-state index is 15.5. The molecule has 0 heterocycles. The van der Waals surface area contributed by atoms with Gasteiger partial charge in [0.05, 0.1) is 6.67 Å². The van der Waals surface area contributed by atoms with E-state index in [4.69, 9.17) is 0 Å². The molecule has 0 aromatic heterocycles. The van der Waals surface area contributed by atoms with Gasteiger partial charge in [0.15, 0.2) is 0 Å². The molecule has 290 valence electrons. The highest BCUT2D eigenvalue weighted by molar-refractivity contribution is 5.55. The maximum absolute atomic E-state index is 15.5. The van der Waals surface area contributed by atoms with E-state index in [1.54, 1.807) is 0 Å². The van der Waals surface area contributed by atoms with Crippen LogP contribution in [0.25, 0.3) is 0 Å². The Morgan fingerprint density at radius 1 is 0.962 bits per heavy atom. The molecular weight excluding hydrogens is 716 g/mol. The van der Waals surface area contributed by atoms with Crippen molar-refractivity contribution in [3.05, 3.63) is 107 Å². The number of hydrogen-bond donors (Lipinski definition) is 0. The normalized spacial score (nSPS) is 23.3. The third kappa shape index (κ3) is 12.1. The van der Waals surface area contributed by atoms with Crippen LogP contribution in [0.4, 0.5) is 52.7 Å². The van der Waals surface area contributed by atoms with Gasteiger partial charge in [-0.3, -0.25) is 4.39 Å². The van der Waals surface area contributed by atoms with Crippen molar-refractivity contribution < 1.29 is 62.2 Å². The predicted molar refractivity (Wildman–Crippen MR) is 174 cm³/mol. The van der Waals surface area contributed by atoms with Gasteiger partial charge in [-0.25, -0.2) is 22.3 Å². The van der Waals surface area contributed by atoms with Gasteiger partial charge < -0.3 is 4.74 Å². The van der Waals surface area contributed by atoms with Crippen LogP contribution in [0.2, 0.25) is 0 Å². The summed E-state index contributed by atoms with van der Waals surface area (Å²) in [6, 6.07) is 0. The highest BCUT2D eigenvalue weighted by Crippen LogP contribution is 2.44. The molecule has 1 saturated carbocycles. The van der Waals surface area contributed by atoms with Gasteiger partial charge in [-0.15, -0.1) is 13.2 Å². The first kappa shape index (κ1) is 43.0. The van der Waals surface area contributed by atoms with E-state index in [0.29, 0.717) is 24.1 Å². The van der Waals surface area contributed by atoms with E-state index >= 15 is 13.2 Å². The first-order valence-corrected chi connectivity index (χ1v) is 17.0. The number of allylic oxidation sites excluding steroid dienone is 14. The zero-order chi connectivity index (χ0) is 38.9. The third-order valence-electron chi connectivity index (χ3n) is 9.45. The van der Waals surface area contributed by atoms with Crippen molar-refractivity contribution in [2.75, 3.05) is 13.3 Å². The maximum Gasteiger partial charge on any atom is 0.527 e. The van der Waals surface area contributed by atoms with E-state index < -0.39 is 97.4 Å². The van der Waals surface area contributed by atoms with Crippen LogP contribution in [-0.2, 0) is 9.47 Å². The summed E-state index contributed by atoms with van der Waals surface area (Å²) in [5, 5.41) is 0. The Hall–Kier alpha value is -3.42. The number of halogens is 12. The minimum atomic E-state index is -5.66. The molecule has 0 aromatic rings. The summed E-state index contributed by atoms with van der Waals surface area (Å²) in [5.41, 5.74) is -2.60. The van der Waals surface area contributed by atoms with Crippen LogP contribution in [0, 0.1) is 23.7 Å². The lowest BCUT2D eigenvalue weighted by molar-refractivity contribution is -0.413. The van der Waals surface area contributed by atoms with Gasteiger partial charge in [0, 0.05) is 23.1 Å². The molecular formula is C38H42F12O2. The standard InChI is InChI=1S/C38H42F12O2/c1-4-5-25-6-8-26(9-7-25)29(17-19-40)22-34(42)24(3)28(16-18-39)20-33(41)23(2)27-10-15-32(35(43)21-27)37(46,47)51-31-13-11-30(12-14-31)36(44,45)52-38(48,49)50/h10-11,13,16,20-22,25-26,29,32H,2-9,12,14-15,17-19H2,1H3/b28-16+,33-20+,34-22+/t25?,26?,29-,32?/m0/s1. The van der Waals surface area contributed by atoms with E-state index in [1.807, 2.05) is 0 Å². The molecule has 1 unspecified atom stereocenters. The van der Waals surface area contributed by atoms with Crippen molar-refractivity contribution in [2.24, 2.45) is 23.7 Å².